The molecule has 2 heterocycles. The molecule has 0 unspecified atom stereocenters. The van der Waals surface area contributed by atoms with E-state index in [9.17, 15) is 23.1 Å². The summed E-state index contributed by atoms with van der Waals surface area (Å²) < 4.78 is 44.3. The lowest BCUT2D eigenvalue weighted by molar-refractivity contribution is -0.274. The van der Waals surface area contributed by atoms with Crippen LogP contribution in [0.1, 0.15) is 22.5 Å². The SMILES string of the molecule is NCCCN1CCn2c(cc(-c3cccc(OC(F)(F)F)c3)c2-c2ccc(CO)cc2)C1=O. The summed E-state index contributed by atoms with van der Waals surface area (Å²) in [6.07, 6.45) is -4.12. The van der Waals surface area contributed by atoms with E-state index in [-0.39, 0.29) is 18.3 Å². The van der Waals surface area contributed by atoms with Crippen LogP contribution in [0.15, 0.2) is 54.6 Å². The molecule has 9 heteroatoms. The number of ether oxygens (including phenoxy) is 1. The van der Waals surface area contributed by atoms with E-state index in [1.807, 2.05) is 16.7 Å². The van der Waals surface area contributed by atoms with Gasteiger partial charge in [0.15, 0.2) is 0 Å². The molecule has 0 aliphatic carbocycles. The molecule has 1 aliphatic rings. The van der Waals surface area contributed by atoms with Crippen LogP contribution >= 0.6 is 0 Å². The zero-order chi connectivity index (χ0) is 23.6. The van der Waals surface area contributed by atoms with Gasteiger partial charge in [-0.15, -0.1) is 13.2 Å². The van der Waals surface area contributed by atoms with Gasteiger partial charge in [-0.1, -0.05) is 36.4 Å². The molecule has 1 aliphatic heterocycles. The lowest BCUT2D eigenvalue weighted by Gasteiger charge is -2.29. The van der Waals surface area contributed by atoms with Crippen molar-refractivity contribution in [1.29, 1.82) is 0 Å². The van der Waals surface area contributed by atoms with Crippen molar-refractivity contribution in [3.8, 4) is 28.1 Å². The monoisotopic (exact) mass is 459 g/mol. The number of rotatable bonds is 7. The Kier molecular flexibility index (Phi) is 6.44. The number of hydrogen-bond acceptors (Lipinski definition) is 4. The number of fused-ring (bicyclic) bond motifs is 1. The van der Waals surface area contributed by atoms with Crippen molar-refractivity contribution in [3.63, 3.8) is 0 Å². The normalized spacial score (nSPS) is 13.8. The summed E-state index contributed by atoms with van der Waals surface area (Å²) in [7, 11) is 0. The van der Waals surface area contributed by atoms with Crippen LogP contribution in [-0.2, 0) is 13.2 Å². The van der Waals surface area contributed by atoms with Crippen molar-refractivity contribution < 1.29 is 27.8 Å². The van der Waals surface area contributed by atoms with Crippen LogP contribution in [0.25, 0.3) is 22.4 Å². The first-order valence-corrected chi connectivity index (χ1v) is 10.6. The van der Waals surface area contributed by atoms with E-state index in [1.54, 1.807) is 29.2 Å². The highest BCUT2D eigenvalue weighted by Gasteiger charge is 2.32. The minimum Gasteiger partial charge on any atom is -0.406 e. The number of amides is 1. The zero-order valence-electron chi connectivity index (χ0n) is 17.8. The number of carbonyl (C=O) groups is 1. The van der Waals surface area contributed by atoms with E-state index < -0.39 is 6.36 Å². The number of alkyl halides is 3. The quantitative estimate of drug-likeness (QED) is 0.559. The van der Waals surface area contributed by atoms with Crippen molar-refractivity contribution in [2.75, 3.05) is 19.6 Å². The highest BCUT2D eigenvalue weighted by molar-refractivity contribution is 5.98. The van der Waals surface area contributed by atoms with Crippen molar-refractivity contribution in [2.45, 2.75) is 25.9 Å². The maximum absolute atomic E-state index is 13.2. The number of halogens is 3. The summed E-state index contributed by atoms with van der Waals surface area (Å²) in [5.74, 6) is -0.474. The predicted molar refractivity (Wildman–Crippen MR) is 117 cm³/mol. The fourth-order valence-electron chi connectivity index (χ4n) is 4.10. The summed E-state index contributed by atoms with van der Waals surface area (Å²) in [6, 6.07) is 14.7. The van der Waals surface area contributed by atoms with Gasteiger partial charge in [0.25, 0.3) is 5.91 Å². The lowest BCUT2D eigenvalue weighted by Crippen LogP contribution is -2.41. The number of aromatic nitrogens is 1. The molecule has 0 saturated carbocycles. The Morgan fingerprint density at radius 3 is 2.45 bits per heavy atom. The Balaban J connectivity index is 1.83. The first-order chi connectivity index (χ1) is 15.8. The molecule has 4 rings (SSSR count). The van der Waals surface area contributed by atoms with Gasteiger partial charge in [-0.25, -0.2) is 0 Å². The summed E-state index contributed by atoms with van der Waals surface area (Å²) in [5.41, 5.74) is 9.44. The average Bonchev–Trinajstić information content (AvgIpc) is 3.18. The molecule has 3 N–H and O–H groups in total. The third-order valence-electron chi connectivity index (χ3n) is 5.62. The van der Waals surface area contributed by atoms with Gasteiger partial charge in [0.2, 0.25) is 0 Å². The van der Waals surface area contributed by atoms with Crippen molar-refractivity contribution in [3.05, 3.63) is 65.9 Å². The Bertz CT molecular complexity index is 1140. The van der Waals surface area contributed by atoms with Gasteiger partial charge in [-0.3, -0.25) is 4.79 Å². The predicted octanol–water partition coefficient (Wildman–Crippen LogP) is 4.02. The molecule has 3 aromatic rings. The molecule has 0 atom stereocenters. The van der Waals surface area contributed by atoms with Crippen molar-refractivity contribution in [2.24, 2.45) is 5.73 Å². The summed E-state index contributed by atoms with van der Waals surface area (Å²) >= 11 is 0. The van der Waals surface area contributed by atoms with Gasteiger partial charge >= 0.3 is 6.36 Å². The fourth-order valence-corrected chi connectivity index (χ4v) is 4.10. The Labute approximate surface area is 189 Å². The molecule has 0 spiro atoms. The molecule has 1 amide bonds. The third kappa shape index (κ3) is 4.89. The fraction of sp³-hybridized carbons (Fsp3) is 0.292. The van der Waals surface area contributed by atoms with E-state index in [4.69, 9.17) is 5.73 Å². The highest BCUT2D eigenvalue weighted by Crippen LogP contribution is 2.39. The number of aliphatic hydroxyl groups is 1. The molecule has 33 heavy (non-hydrogen) atoms. The van der Waals surface area contributed by atoms with Crippen LogP contribution in [0.2, 0.25) is 0 Å². The molecule has 0 fully saturated rings. The summed E-state index contributed by atoms with van der Waals surface area (Å²) in [6.45, 7) is 1.97. The Morgan fingerprint density at radius 1 is 1.03 bits per heavy atom. The second-order valence-corrected chi connectivity index (χ2v) is 7.81. The minimum atomic E-state index is -4.80. The van der Waals surface area contributed by atoms with Gasteiger partial charge in [-0.05, 0) is 47.9 Å². The number of benzene rings is 2. The van der Waals surface area contributed by atoms with Crippen LogP contribution in [-0.4, -0.2) is 46.5 Å². The molecule has 0 saturated heterocycles. The van der Waals surface area contributed by atoms with Gasteiger partial charge < -0.3 is 25.0 Å². The topological polar surface area (TPSA) is 80.7 Å². The van der Waals surface area contributed by atoms with Gasteiger partial charge in [0.1, 0.15) is 11.4 Å². The number of hydrogen-bond donors (Lipinski definition) is 2. The highest BCUT2D eigenvalue weighted by atomic mass is 19.4. The van der Waals surface area contributed by atoms with E-state index in [1.165, 1.54) is 18.2 Å². The maximum Gasteiger partial charge on any atom is 0.573 e. The van der Waals surface area contributed by atoms with Gasteiger partial charge in [0.05, 0.1) is 12.3 Å². The van der Waals surface area contributed by atoms with Gasteiger partial charge in [-0.2, -0.15) is 0 Å². The maximum atomic E-state index is 13.2. The average molecular weight is 459 g/mol. The molecule has 6 nitrogen and oxygen atoms in total. The van der Waals surface area contributed by atoms with Gasteiger partial charge in [0, 0.05) is 25.2 Å². The van der Waals surface area contributed by atoms with E-state index in [0.717, 1.165) is 16.8 Å². The number of nitrogens with two attached hydrogens (primary N) is 1. The summed E-state index contributed by atoms with van der Waals surface area (Å²) in [4.78, 5) is 14.9. The minimum absolute atomic E-state index is 0.106. The van der Waals surface area contributed by atoms with E-state index >= 15 is 0 Å². The molecule has 1 aromatic heterocycles. The molecule has 0 radical (unpaired) electrons. The molecular weight excluding hydrogens is 435 g/mol. The third-order valence-corrected chi connectivity index (χ3v) is 5.62. The standard InChI is InChI=1S/C24H24F3N3O3/c25-24(26,27)33-19-4-1-3-18(13-19)20-14-21-23(32)29(10-2-9-28)11-12-30(21)22(20)17-7-5-16(15-31)6-8-17/h1,3-8,13-14,31H,2,9-12,15,28H2. The molecular formula is C24H24F3N3O3. The molecule has 174 valence electrons. The lowest BCUT2D eigenvalue weighted by atomic mass is 10.00. The van der Waals surface area contributed by atoms with E-state index in [2.05, 4.69) is 4.74 Å². The van der Waals surface area contributed by atoms with Crippen LogP contribution in [0.5, 0.6) is 5.75 Å². The smallest absolute Gasteiger partial charge is 0.406 e. The molecule has 2 aromatic carbocycles. The number of aliphatic hydroxyl groups excluding tert-OH is 1. The van der Waals surface area contributed by atoms with E-state index in [0.29, 0.717) is 49.4 Å². The van der Waals surface area contributed by atoms with Crippen molar-refractivity contribution >= 4 is 5.91 Å². The Hall–Kier alpha value is -3.30. The first kappa shape index (κ1) is 22.9. The van der Waals surface area contributed by atoms with Crippen LogP contribution < -0.4 is 10.5 Å². The van der Waals surface area contributed by atoms with Crippen LogP contribution in [0, 0.1) is 0 Å². The van der Waals surface area contributed by atoms with Crippen molar-refractivity contribution in [1.82, 2.24) is 9.47 Å². The second-order valence-electron chi connectivity index (χ2n) is 7.81. The number of carbonyl (C=O) groups excluding carboxylic acids is 1. The number of nitrogens with zero attached hydrogens (tertiary/aromatic N) is 2. The summed E-state index contributed by atoms with van der Waals surface area (Å²) in [5, 5.41) is 9.37. The molecule has 0 bridgehead atoms. The Morgan fingerprint density at radius 2 is 1.79 bits per heavy atom. The zero-order valence-corrected chi connectivity index (χ0v) is 17.8. The largest absolute Gasteiger partial charge is 0.573 e. The van der Waals surface area contributed by atoms with Crippen LogP contribution in [0.3, 0.4) is 0 Å². The second kappa shape index (κ2) is 9.29. The van der Waals surface area contributed by atoms with Crippen LogP contribution in [0.4, 0.5) is 13.2 Å². The first-order valence-electron chi connectivity index (χ1n) is 10.6.